The predicted molar refractivity (Wildman–Crippen MR) is 72.9 cm³/mol. The Labute approximate surface area is 118 Å². The van der Waals surface area contributed by atoms with Gasteiger partial charge in [-0.15, -0.1) is 0 Å². The third-order valence-corrected chi connectivity index (χ3v) is 3.78. The standard InChI is InChI=1S/C15H20FNO3/c1-20-11-9-17(8-10-18)14(19)15(6-7-15)12-2-4-13(16)5-3-12/h2-5,18H,6-11H2,1H3. The van der Waals surface area contributed by atoms with Crippen molar-refractivity contribution < 1.29 is 19.0 Å². The second-order valence-electron chi connectivity index (χ2n) is 5.10. The Morgan fingerprint density at radius 1 is 1.35 bits per heavy atom. The number of ether oxygens (including phenoxy) is 1. The number of benzene rings is 1. The summed E-state index contributed by atoms with van der Waals surface area (Å²) in [4.78, 5) is 14.3. The van der Waals surface area contributed by atoms with Gasteiger partial charge in [-0.25, -0.2) is 4.39 Å². The van der Waals surface area contributed by atoms with Gasteiger partial charge in [-0.05, 0) is 30.5 Å². The van der Waals surface area contributed by atoms with Crippen LogP contribution in [0.4, 0.5) is 4.39 Å². The summed E-state index contributed by atoms with van der Waals surface area (Å²) in [6, 6.07) is 6.11. The van der Waals surface area contributed by atoms with Crippen LogP contribution in [-0.4, -0.2) is 49.3 Å². The van der Waals surface area contributed by atoms with Gasteiger partial charge >= 0.3 is 0 Å². The molecule has 0 spiro atoms. The number of methoxy groups -OCH3 is 1. The van der Waals surface area contributed by atoms with Crippen LogP contribution in [0.3, 0.4) is 0 Å². The van der Waals surface area contributed by atoms with Gasteiger partial charge in [0.05, 0.1) is 18.6 Å². The number of nitrogens with zero attached hydrogens (tertiary/aromatic N) is 1. The van der Waals surface area contributed by atoms with Crippen molar-refractivity contribution in [2.24, 2.45) is 0 Å². The van der Waals surface area contributed by atoms with E-state index in [0.717, 1.165) is 18.4 Å². The van der Waals surface area contributed by atoms with Gasteiger partial charge in [-0.1, -0.05) is 12.1 Å². The van der Waals surface area contributed by atoms with Gasteiger partial charge in [0, 0.05) is 20.2 Å². The Hall–Kier alpha value is -1.46. The Kier molecular flexibility index (Phi) is 4.73. The van der Waals surface area contributed by atoms with Crippen molar-refractivity contribution in [1.29, 1.82) is 0 Å². The van der Waals surface area contributed by atoms with Crippen LogP contribution in [0.5, 0.6) is 0 Å². The summed E-state index contributed by atoms with van der Waals surface area (Å²) >= 11 is 0. The lowest BCUT2D eigenvalue weighted by molar-refractivity contribution is -0.135. The molecule has 0 radical (unpaired) electrons. The summed E-state index contributed by atoms with van der Waals surface area (Å²) in [5, 5.41) is 9.09. The van der Waals surface area contributed by atoms with E-state index in [0.29, 0.717) is 19.7 Å². The third-order valence-electron chi connectivity index (χ3n) is 3.78. The van der Waals surface area contributed by atoms with Gasteiger partial charge in [0.25, 0.3) is 0 Å². The van der Waals surface area contributed by atoms with E-state index < -0.39 is 5.41 Å². The first-order valence-electron chi connectivity index (χ1n) is 6.79. The maximum atomic E-state index is 13.0. The monoisotopic (exact) mass is 281 g/mol. The van der Waals surface area contributed by atoms with Crippen LogP contribution >= 0.6 is 0 Å². The van der Waals surface area contributed by atoms with Gasteiger partial charge < -0.3 is 14.7 Å². The zero-order valence-corrected chi connectivity index (χ0v) is 11.6. The number of carbonyl (C=O) groups excluding carboxylic acids is 1. The number of hydrogen-bond donors (Lipinski definition) is 1. The van der Waals surface area contributed by atoms with Crippen LogP contribution in [0.2, 0.25) is 0 Å². The number of aliphatic hydroxyl groups excluding tert-OH is 1. The molecule has 4 nitrogen and oxygen atoms in total. The van der Waals surface area contributed by atoms with Gasteiger partial charge in [0.1, 0.15) is 5.82 Å². The lowest BCUT2D eigenvalue weighted by atomic mass is 9.94. The molecule has 1 aliphatic rings. The fraction of sp³-hybridized carbons (Fsp3) is 0.533. The lowest BCUT2D eigenvalue weighted by Gasteiger charge is -2.27. The van der Waals surface area contributed by atoms with E-state index in [2.05, 4.69) is 0 Å². The molecule has 5 heteroatoms. The van der Waals surface area contributed by atoms with Crippen LogP contribution in [0.25, 0.3) is 0 Å². The highest BCUT2D eigenvalue weighted by Gasteiger charge is 2.52. The molecule has 2 rings (SSSR count). The molecule has 1 N–H and O–H groups in total. The largest absolute Gasteiger partial charge is 0.395 e. The maximum Gasteiger partial charge on any atom is 0.233 e. The SMILES string of the molecule is COCCN(CCO)C(=O)C1(c2ccc(F)cc2)CC1. The van der Waals surface area contributed by atoms with E-state index in [1.165, 1.54) is 12.1 Å². The number of rotatable bonds is 7. The molecule has 1 saturated carbocycles. The highest BCUT2D eigenvalue weighted by molar-refractivity contribution is 5.91. The van der Waals surface area contributed by atoms with Crippen molar-refractivity contribution in [1.82, 2.24) is 4.90 Å². The fourth-order valence-electron chi connectivity index (χ4n) is 2.46. The molecule has 0 bridgehead atoms. The van der Waals surface area contributed by atoms with Gasteiger partial charge in [-0.2, -0.15) is 0 Å². The average molecular weight is 281 g/mol. The Bertz CT molecular complexity index is 457. The lowest BCUT2D eigenvalue weighted by Crippen LogP contribution is -2.42. The van der Waals surface area contributed by atoms with Crippen LogP contribution in [-0.2, 0) is 14.9 Å². The number of carbonyl (C=O) groups is 1. The van der Waals surface area contributed by atoms with E-state index >= 15 is 0 Å². The van der Waals surface area contributed by atoms with E-state index in [1.54, 1.807) is 24.1 Å². The summed E-state index contributed by atoms with van der Waals surface area (Å²) in [7, 11) is 1.58. The molecule has 1 amide bonds. The first-order valence-corrected chi connectivity index (χ1v) is 6.79. The van der Waals surface area contributed by atoms with Crippen molar-refractivity contribution in [3.8, 4) is 0 Å². The molecule has 0 unspecified atom stereocenters. The summed E-state index contributed by atoms with van der Waals surface area (Å²) in [6.45, 7) is 1.12. The molecule has 1 aromatic carbocycles. The van der Waals surface area contributed by atoms with Crippen molar-refractivity contribution >= 4 is 5.91 Å². The number of halogens is 1. The second-order valence-corrected chi connectivity index (χ2v) is 5.10. The van der Waals surface area contributed by atoms with Crippen molar-refractivity contribution in [2.45, 2.75) is 18.3 Å². The molecular weight excluding hydrogens is 261 g/mol. The third kappa shape index (κ3) is 2.99. The minimum absolute atomic E-state index is 0.00444. The zero-order chi connectivity index (χ0) is 14.6. The van der Waals surface area contributed by atoms with Crippen LogP contribution in [0.1, 0.15) is 18.4 Å². The summed E-state index contributed by atoms with van der Waals surface area (Å²) in [6.07, 6.45) is 1.54. The smallest absolute Gasteiger partial charge is 0.233 e. The second kappa shape index (κ2) is 6.33. The van der Waals surface area contributed by atoms with Crippen molar-refractivity contribution in [3.63, 3.8) is 0 Å². The zero-order valence-electron chi connectivity index (χ0n) is 11.6. The first kappa shape index (κ1) is 14.9. The Morgan fingerprint density at radius 2 is 2.00 bits per heavy atom. The van der Waals surface area contributed by atoms with E-state index in [4.69, 9.17) is 9.84 Å². The summed E-state index contributed by atoms with van der Waals surface area (Å²) in [5.74, 6) is -0.307. The molecule has 0 saturated heterocycles. The predicted octanol–water partition coefficient (Wildman–Crippen LogP) is 1.32. The summed E-state index contributed by atoms with van der Waals surface area (Å²) in [5.41, 5.74) is 0.320. The fourth-order valence-corrected chi connectivity index (χ4v) is 2.46. The quantitative estimate of drug-likeness (QED) is 0.820. The average Bonchev–Trinajstić information content (AvgIpc) is 3.25. The Balaban J connectivity index is 2.15. The molecule has 20 heavy (non-hydrogen) atoms. The minimum atomic E-state index is -0.531. The van der Waals surface area contributed by atoms with Crippen LogP contribution < -0.4 is 0 Å². The number of hydrogen-bond acceptors (Lipinski definition) is 3. The van der Waals surface area contributed by atoms with Crippen LogP contribution in [0, 0.1) is 5.82 Å². The normalized spacial score (nSPS) is 15.9. The number of amides is 1. The summed E-state index contributed by atoms with van der Waals surface area (Å²) < 4.78 is 18.0. The molecule has 1 fully saturated rings. The van der Waals surface area contributed by atoms with Gasteiger partial charge in [0.2, 0.25) is 5.91 Å². The molecule has 0 aromatic heterocycles. The molecule has 0 aliphatic heterocycles. The van der Waals surface area contributed by atoms with E-state index in [-0.39, 0.29) is 18.3 Å². The van der Waals surface area contributed by atoms with Crippen molar-refractivity contribution in [3.05, 3.63) is 35.6 Å². The molecule has 0 atom stereocenters. The van der Waals surface area contributed by atoms with Gasteiger partial charge in [-0.3, -0.25) is 4.79 Å². The highest BCUT2D eigenvalue weighted by atomic mass is 19.1. The Morgan fingerprint density at radius 3 is 2.50 bits per heavy atom. The van der Waals surface area contributed by atoms with Crippen molar-refractivity contribution in [2.75, 3.05) is 33.4 Å². The molecule has 1 aromatic rings. The minimum Gasteiger partial charge on any atom is -0.395 e. The maximum absolute atomic E-state index is 13.0. The van der Waals surface area contributed by atoms with Crippen LogP contribution in [0.15, 0.2) is 24.3 Å². The number of aliphatic hydroxyl groups is 1. The van der Waals surface area contributed by atoms with E-state index in [9.17, 15) is 9.18 Å². The first-order chi connectivity index (χ1) is 9.64. The van der Waals surface area contributed by atoms with E-state index in [1.807, 2.05) is 0 Å². The van der Waals surface area contributed by atoms with Gasteiger partial charge in [0.15, 0.2) is 0 Å². The molecular formula is C15H20FNO3. The molecule has 0 heterocycles. The highest BCUT2D eigenvalue weighted by Crippen LogP contribution is 2.49. The topological polar surface area (TPSA) is 49.8 Å². The molecule has 1 aliphatic carbocycles. The molecule has 110 valence electrons.